The third-order valence-corrected chi connectivity index (χ3v) is 1.99. The van der Waals surface area contributed by atoms with E-state index in [1.807, 2.05) is 0 Å². The molecule has 8 heteroatoms. The van der Waals surface area contributed by atoms with Crippen molar-refractivity contribution < 1.29 is 13.7 Å². The molecule has 1 aromatic heterocycles. The number of halogens is 3. The summed E-state index contributed by atoms with van der Waals surface area (Å²) in [5.74, 6) is -0.489. The Bertz CT molecular complexity index is 386. The molecule has 0 fully saturated rings. The van der Waals surface area contributed by atoms with Gasteiger partial charge in [0.2, 0.25) is 5.82 Å². The van der Waals surface area contributed by atoms with Gasteiger partial charge in [-0.1, -0.05) is 0 Å². The third-order valence-electron chi connectivity index (χ3n) is 1.44. The number of rotatable bonds is 2. The SMILES string of the molecule is Nc1nc(I)cc(C(F)F)c1[N+](=O)[O-]. The van der Waals surface area contributed by atoms with Crippen LogP contribution in [0.15, 0.2) is 6.07 Å². The van der Waals surface area contributed by atoms with Gasteiger partial charge in [0.15, 0.2) is 0 Å². The van der Waals surface area contributed by atoms with Crippen LogP contribution in [0.4, 0.5) is 20.3 Å². The van der Waals surface area contributed by atoms with Crippen molar-refractivity contribution in [2.45, 2.75) is 6.43 Å². The number of hydrogen-bond acceptors (Lipinski definition) is 4. The molecule has 5 nitrogen and oxygen atoms in total. The van der Waals surface area contributed by atoms with Crippen LogP contribution < -0.4 is 5.73 Å². The van der Waals surface area contributed by atoms with Crippen LogP contribution in [-0.2, 0) is 0 Å². The van der Waals surface area contributed by atoms with Gasteiger partial charge in [0.1, 0.15) is 9.26 Å². The van der Waals surface area contributed by atoms with Crippen LogP contribution in [-0.4, -0.2) is 9.91 Å². The number of anilines is 1. The Hall–Kier alpha value is -1.06. The molecule has 0 saturated carbocycles. The van der Waals surface area contributed by atoms with Crippen LogP contribution in [0.1, 0.15) is 12.0 Å². The molecular weight excluding hydrogens is 311 g/mol. The predicted molar refractivity (Wildman–Crippen MR) is 53.0 cm³/mol. The maximum atomic E-state index is 12.4. The van der Waals surface area contributed by atoms with Crippen LogP contribution in [0, 0.1) is 13.8 Å². The molecule has 0 bridgehead atoms. The summed E-state index contributed by atoms with van der Waals surface area (Å²) < 4.78 is 24.9. The molecule has 0 unspecified atom stereocenters. The van der Waals surface area contributed by atoms with E-state index in [0.29, 0.717) is 0 Å². The molecule has 0 aliphatic rings. The molecule has 1 heterocycles. The largest absolute Gasteiger partial charge is 0.378 e. The molecule has 0 saturated heterocycles. The van der Waals surface area contributed by atoms with E-state index in [9.17, 15) is 18.9 Å². The fraction of sp³-hybridized carbons (Fsp3) is 0.167. The Kier molecular flexibility index (Phi) is 3.13. The van der Waals surface area contributed by atoms with Gasteiger partial charge in [-0.25, -0.2) is 13.8 Å². The van der Waals surface area contributed by atoms with Crippen LogP contribution in [0.3, 0.4) is 0 Å². The summed E-state index contributed by atoms with van der Waals surface area (Å²) in [6, 6.07) is 0.944. The zero-order chi connectivity index (χ0) is 10.9. The highest BCUT2D eigenvalue weighted by molar-refractivity contribution is 14.1. The van der Waals surface area contributed by atoms with Gasteiger partial charge < -0.3 is 5.73 Å². The fourth-order valence-electron chi connectivity index (χ4n) is 0.910. The van der Waals surface area contributed by atoms with Gasteiger partial charge in [0.25, 0.3) is 6.43 Å². The third kappa shape index (κ3) is 2.05. The lowest BCUT2D eigenvalue weighted by Crippen LogP contribution is -2.04. The first kappa shape index (κ1) is 11.0. The lowest BCUT2D eigenvalue weighted by Gasteiger charge is -2.03. The summed E-state index contributed by atoms with van der Waals surface area (Å²) >= 11 is 1.66. The topological polar surface area (TPSA) is 82.0 Å². The van der Waals surface area contributed by atoms with E-state index in [1.165, 1.54) is 0 Å². The number of hydrogen-bond donors (Lipinski definition) is 1. The fourth-order valence-corrected chi connectivity index (χ4v) is 1.51. The van der Waals surface area contributed by atoms with Gasteiger partial charge in [-0.2, -0.15) is 0 Å². The molecule has 2 N–H and O–H groups in total. The van der Waals surface area contributed by atoms with Crippen LogP contribution in [0.5, 0.6) is 0 Å². The first-order chi connectivity index (χ1) is 6.43. The molecular formula is C6H4F2IN3O2. The van der Waals surface area contributed by atoms with Crippen molar-refractivity contribution in [3.8, 4) is 0 Å². The van der Waals surface area contributed by atoms with Crippen LogP contribution >= 0.6 is 22.6 Å². The van der Waals surface area contributed by atoms with Gasteiger partial charge in [0, 0.05) is 0 Å². The summed E-state index contributed by atoms with van der Waals surface area (Å²) in [7, 11) is 0. The highest BCUT2D eigenvalue weighted by Crippen LogP contribution is 2.33. The summed E-state index contributed by atoms with van der Waals surface area (Å²) in [5, 5.41) is 10.4. The molecule has 1 rings (SSSR count). The van der Waals surface area contributed by atoms with E-state index in [1.54, 1.807) is 22.6 Å². The second kappa shape index (κ2) is 3.98. The van der Waals surface area contributed by atoms with Crippen molar-refractivity contribution in [2.24, 2.45) is 0 Å². The van der Waals surface area contributed by atoms with Crippen molar-refractivity contribution in [3.63, 3.8) is 0 Å². The van der Waals surface area contributed by atoms with Crippen molar-refractivity contribution in [1.82, 2.24) is 4.98 Å². The van der Waals surface area contributed by atoms with E-state index in [-0.39, 0.29) is 3.70 Å². The Morgan fingerprint density at radius 2 is 2.21 bits per heavy atom. The second-order valence-electron chi connectivity index (χ2n) is 2.33. The average Bonchev–Trinajstić information content (AvgIpc) is 2.01. The Morgan fingerprint density at radius 3 is 2.64 bits per heavy atom. The zero-order valence-electron chi connectivity index (χ0n) is 6.58. The normalized spacial score (nSPS) is 10.6. The first-order valence-corrected chi connectivity index (χ1v) is 4.39. The minimum atomic E-state index is -2.94. The van der Waals surface area contributed by atoms with Gasteiger partial charge >= 0.3 is 5.69 Å². The Morgan fingerprint density at radius 1 is 1.64 bits per heavy atom. The van der Waals surface area contributed by atoms with Gasteiger partial charge in [-0.3, -0.25) is 10.1 Å². The van der Waals surface area contributed by atoms with Crippen molar-refractivity contribution >= 4 is 34.1 Å². The molecule has 0 radical (unpaired) electrons. The summed E-state index contributed by atoms with van der Waals surface area (Å²) in [6.07, 6.45) is -2.94. The average molecular weight is 315 g/mol. The molecule has 0 aliphatic heterocycles. The number of aromatic nitrogens is 1. The molecule has 0 atom stereocenters. The molecule has 1 aromatic rings. The molecule has 14 heavy (non-hydrogen) atoms. The lowest BCUT2D eigenvalue weighted by molar-refractivity contribution is -0.385. The van der Waals surface area contributed by atoms with Crippen LogP contribution in [0.25, 0.3) is 0 Å². The summed E-state index contributed by atoms with van der Waals surface area (Å²) in [6.45, 7) is 0. The maximum absolute atomic E-state index is 12.4. The van der Waals surface area contributed by atoms with Crippen LogP contribution in [0.2, 0.25) is 0 Å². The molecule has 0 aromatic carbocycles. The maximum Gasteiger partial charge on any atom is 0.320 e. The number of nitrogen functional groups attached to an aromatic ring is 1. The molecule has 0 aliphatic carbocycles. The zero-order valence-corrected chi connectivity index (χ0v) is 8.73. The van der Waals surface area contributed by atoms with E-state index in [4.69, 9.17) is 5.73 Å². The minimum Gasteiger partial charge on any atom is -0.378 e. The van der Waals surface area contributed by atoms with Crippen molar-refractivity contribution in [3.05, 3.63) is 25.4 Å². The standard InChI is InChI=1S/C6H4F2IN3O2/c7-5(8)2-1-3(9)11-6(10)4(2)12(13)14/h1,5H,(H2,10,11). The Labute approximate surface area is 90.6 Å². The number of nitrogens with zero attached hydrogens (tertiary/aromatic N) is 2. The lowest BCUT2D eigenvalue weighted by atomic mass is 10.2. The minimum absolute atomic E-state index is 0.195. The van der Waals surface area contributed by atoms with Gasteiger partial charge in [0.05, 0.1) is 4.92 Å². The smallest absolute Gasteiger partial charge is 0.320 e. The molecule has 0 amide bonds. The number of nitrogens with two attached hydrogens (primary N) is 1. The van der Waals surface area contributed by atoms with E-state index >= 15 is 0 Å². The van der Waals surface area contributed by atoms with E-state index < -0.39 is 28.4 Å². The monoisotopic (exact) mass is 315 g/mol. The Balaban J connectivity index is 3.44. The van der Waals surface area contributed by atoms with Crippen molar-refractivity contribution in [1.29, 1.82) is 0 Å². The highest BCUT2D eigenvalue weighted by atomic mass is 127. The number of pyridine rings is 1. The van der Waals surface area contributed by atoms with Crippen molar-refractivity contribution in [2.75, 3.05) is 5.73 Å². The van der Waals surface area contributed by atoms with E-state index in [2.05, 4.69) is 4.98 Å². The second-order valence-corrected chi connectivity index (χ2v) is 3.43. The quantitative estimate of drug-likeness (QED) is 0.392. The molecule has 0 spiro atoms. The first-order valence-electron chi connectivity index (χ1n) is 3.32. The summed E-state index contributed by atoms with van der Waals surface area (Å²) in [5.41, 5.74) is 3.65. The summed E-state index contributed by atoms with van der Waals surface area (Å²) in [4.78, 5) is 13.0. The van der Waals surface area contributed by atoms with Gasteiger partial charge in [-0.05, 0) is 28.7 Å². The number of alkyl halides is 2. The van der Waals surface area contributed by atoms with E-state index in [0.717, 1.165) is 6.07 Å². The van der Waals surface area contributed by atoms with Gasteiger partial charge in [-0.15, -0.1) is 0 Å². The predicted octanol–water partition coefficient (Wildman–Crippen LogP) is 2.11. The molecule has 76 valence electrons. The highest BCUT2D eigenvalue weighted by Gasteiger charge is 2.26. The number of nitro groups is 1.